The van der Waals surface area contributed by atoms with Gasteiger partial charge in [-0.1, -0.05) is 18.2 Å². The summed E-state index contributed by atoms with van der Waals surface area (Å²) in [5, 5.41) is 15.0. The van der Waals surface area contributed by atoms with Crippen LogP contribution in [0.25, 0.3) is 0 Å². The second kappa shape index (κ2) is 6.56. The van der Waals surface area contributed by atoms with Crippen molar-refractivity contribution in [2.75, 3.05) is 11.9 Å². The van der Waals surface area contributed by atoms with Crippen LogP contribution in [-0.2, 0) is 6.42 Å². The summed E-state index contributed by atoms with van der Waals surface area (Å²) >= 11 is 0. The monoisotopic (exact) mass is 316 g/mol. The van der Waals surface area contributed by atoms with Gasteiger partial charge in [0.15, 0.2) is 0 Å². The second-order valence-corrected chi connectivity index (χ2v) is 5.66. The van der Waals surface area contributed by atoms with E-state index in [1.165, 1.54) is 0 Å². The van der Waals surface area contributed by atoms with E-state index >= 15 is 0 Å². The van der Waals surface area contributed by atoms with E-state index in [1.807, 2.05) is 0 Å². The normalized spacial score (nSPS) is 16.7. The van der Waals surface area contributed by atoms with Crippen LogP contribution in [0.5, 0.6) is 0 Å². The standard InChI is InChI=1S/C15H19F3N2O2/c16-15(17,18)9-6-11-4-1-2-5-12(11)20-13(21)19-10-14(22)7-3-8-14/h1-2,4-5,22H,3,6-10H2,(H2,19,20,21). The molecule has 3 N–H and O–H groups in total. The molecular formula is C15H19F3N2O2. The van der Waals surface area contributed by atoms with E-state index in [2.05, 4.69) is 10.6 Å². The van der Waals surface area contributed by atoms with Gasteiger partial charge >= 0.3 is 12.2 Å². The summed E-state index contributed by atoms with van der Waals surface area (Å²) in [6, 6.07) is 5.86. The second-order valence-electron chi connectivity index (χ2n) is 5.66. The first-order valence-corrected chi connectivity index (χ1v) is 7.19. The summed E-state index contributed by atoms with van der Waals surface area (Å²) in [5.74, 6) is 0. The molecule has 0 bridgehead atoms. The summed E-state index contributed by atoms with van der Waals surface area (Å²) in [4.78, 5) is 11.8. The third-order valence-corrected chi connectivity index (χ3v) is 3.81. The van der Waals surface area contributed by atoms with Crippen LogP contribution in [0.1, 0.15) is 31.2 Å². The lowest BCUT2D eigenvalue weighted by molar-refractivity contribution is -0.133. The smallest absolute Gasteiger partial charge is 0.388 e. The molecule has 2 amide bonds. The number of para-hydroxylation sites is 1. The number of aliphatic hydroxyl groups is 1. The number of benzene rings is 1. The lowest BCUT2D eigenvalue weighted by Crippen LogP contribution is -2.48. The average molecular weight is 316 g/mol. The van der Waals surface area contributed by atoms with Crippen LogP contribution in [0.4, 0.5) is 23.7 Å². The lowest BCUT2D eigenvalue weighted by Gasteiger charge is -2.36. The number of carbonyl (C=O) groups excluding carboxylic acids is 1. The fourth-order valence-electron chi connectivity index (χ4n) is 2.31. The van der Waals surface area contributed by atoms with Crippen molar-refractivity contribution < 1.29 is 23.1 Å². The number of amides is 2. The number of nitrogens with one attached hydrogen (secondary N) is 2. The Hall–Kier alpha value is -1.76. The average Bonchev–Trinajstić information content (AvgIpc) is 2.41. The van der Waals surface area contributed by atoms with Gasteiger partial charge in [0.05, 0.1) is 5.60 Å². The maximum atomic E-state index is 12.3. The molecule has 1 aliphatic carbocycles. The van der Waals surface area contributed by atoms with Gasteiger partial charge in [-0.15, -0.1) is 0 Å². The maximum absolute atomic E-state index is 12.3. The molecule has 1 aromatic rings. The molecule has 22 heavy (non-hydrogen) atoms. The first kappa shape index (κ1) is 16.6. The molecule has 0 heterocycles. The van der Waals surface area contributed by atoms with E-state index in [1.54, 1.807) is 24.3 Å². The van der Waals surface area contributed by atoms with Crippen LogP contribution in [0.15, 0.2) is 24.3 Å². The lowest BCUT2D eigenvalue weighted by atomic mass is 9.80. The number of halogens is 3. The molecule has 2 rings (SSSR count). The minimum atomic E-state index is -4.23. The topological polar surface area (TPSA) is 61.4 Å². The van der Waals surface area contributed by atoms with Crippen LogP contribution < -0.4 is 10.6 Å². The fraction of sp³-hybridized carbons (Fsp3) is 0.533. The molecule has 4 nitrogen and oxygen atoms in total. The van der Waals surface area contributed by atoms with Crippen molar-refractivity contribution in [2.45, 2.75) is 43.9 Å². The first-order chi connectivity index (χ1) is 10.3. The molecule has 122 valence electrons. The summed E-state index contributed by atoms with van der Waals surface area (Å²) in [7, 11) is 0. The largest absolute Gasteiger partial charge is 0.389 e. The SMILES string of the molecule is O=C(NCC1(O)CCC1)Nc1ccccc1CCC(F)(F)F. The van der Waals surface area contributed by atoms with E-state index in [9.17, 15) is 23.1 Å². The Kier molecular flexibility index (Phi) is 4.95. The van der Waals surface area contributed by atoms with Gasteiger partial charge in [0.2, 0.25) is 0 Å². The number of urea groups is 1. The Morgan fingerprint density at radius 1 is 1.27 bits per heavy atom. The van der Waals surface area contributed by atoms with Gasteiger partial charge in [0, 0.05) is 18.7 Å². The van der Waals surface area contributed by atoms with E-state index in [0.717, 1.165) is 6.42 Å². The molecule has 0 unspecified atom stereocenters. The van der Waals surface area contributed by atoms with Gasteiger partial charge in [-0.3, -0.25) is 0 Å². The van der Waals surface area contributed by atoms with E-state index in [4.69, 9.17) is 0 Å². The Labute approximate surface area is 126 Å². The zero-order valence-electron chi connectivity index (χ0n) is 12.0. The predicted octanol–water partition coefficient (Wildman–Crippen LogP) is 3.22. The molecule has 1 fully saturated rings. The highest BCUT2D eigenvalue weighted by Crippen LogP contribution is 2.30. The molecule has 1 aromatic carbocycles. The molecule has 1 aliphatic rings. The number of hydrogen-bond donors (Lipinski definition) is 3. The van der Waals surface area contributed by atoms with Crippen molar-refractivity contribution in [1.29, 1.82) is 0 Å². The molecule has 0 spiro atoms. The van der Waals surface area contributed by atoms with E-state index in [0.29, 0.717) is 24.1 Å². The molecule has 0 saturated heterocycles. The summed E-state index contributed by atoms with van der Waals surface area (Å²) in [6.45, 7) is 0.142. The van der Waals surface area contributed by atoms with Crippen molar-refractivity contribution in [1.82, 2.24) is 5.32 Å². The van der Waals surface area contributed by atoms with Crippen molar-refractivity contribution in [3.05, 3.63) is 29.8 Å². The molecule has 0 aromatic heterocycles. The number of rotatable bonds is 5. The zero-order valence-corrected chi connectivity index (χ0v) is 12.0. The van der Waals surface area contributed by atoms with Gasteiger partial charge in [0.25, 0.3) is 0 Å². The number of alkyl halides is 3. The Morgan fingerprint density at radius 3 is 2.55 bits per heavy atom. The van der Waals surface area contributed by atoms with Crippen molar-refractivity contribution in [3.8, 4) is 0 Å². The molecule has 0 aliphatic heterocycles. The van der Waals surface area contributed by atoms with Gasteiger partial charge in [-0.25, -0.2) is 4.79 Å². The van der Waals surface area contributed by atoms with Gasteiger partial charge in [-0.2, -0.15) is 13.2 Å². The molecule has 0 atom stereocenters. The first-order valence-electron chi connectivity index (χ1n) is 7.19. The van der Waals surface area contributed by atoms with Crippen molar-refractivity contribution in [3.63, 3.8) is 0 Å². The van der Waals surface area contributed by atoms with Crippen LogP contribution in [0.2, 0.25) is 0 Å². The minimum Gasteiger partial charge on any atom is -0.388 e. The van der Waals surface area contributed by atoms with E-state index in [-0.39, 0.29) is 13.0 Å². The highest BCUT2D eigenvalue weighted by atomic mass is 19.4. The van der Waals surface area contributed by atoms with Gasteiger partial charge in [0.1, 0.15) is 0 Å². The summed E-state index contributed by atoms with van der Waals surface area (Å²) in [6.07, 6.45) is -3.13. The number of aryl methyl sites for hydroxylation is 1. The maximum Gasteiger partial charge on any atom is 0.389 e. The Bertz CT molecular complexity index is 528. The van der Waals surface area contributed by atoms with Gasteiger partial charge < -0.3 is 15.7 Å². The summed E-state index contributed by atoms with van der Waals surface area (Å²) < 4.78 is 36.9. The third kappa shape index (κ3) is 4.91. The number of anilines is 1. The highest BCUT2D eigenvalue weighted by Gasteiger charge is 2.34. The zero-order chi connectivity index (χ0) is 16.2. The molecule has 1 saturated carbocycles. The molecule has 7 heteroatoms. The Morgan fingerprint density at radius 2 is 1.95 bits per heavy atom. The van der Waals surface area contributed by atoms with E-state index < -0.39 is 24.2 Å². The van der Waals surface area contributed by atoms with Crippen LogP contribution >= 0.6 is 0 Å². The predicted molar refractivity (Wildman–Crippen MR) is 76.6 cm³/mol. The minimum absolute atomic E-state index is 0.142. The Balaban J connectivity index is 1.89. The van der Waals surface area contributed by atoms with Crippen LogP contribution in [0, 0.1) is 0 Å². The quantitative estimate of drug-likeness (QED) is 0.781. The molecule has 0 radical (unpaired) electrons. The van der Waals surface area contributed by atoms with Crippen LogP contribution in [-0.4, -0.2) is 29.5 Å². The summed E-state index contributed by atoms with van der Waals surface area (Å²) in [5.41, 5.74) is -0.0603. The molecular weight excluding hydrogens is 297 g/mol. The highest BCUT2D eigenvalue weighted by molar-refractivity contribution is 5.90. The third-order valence-electron chi connectivity index (χ3n) is 3.81. The number of hydrogen-bond acceptors (Lipinski definition) is 2. The van der Waals surface area contributed by atoms with Crippen molar-refractivity contribution >= 4 is 11.7 Å². The number of carbonyl (C=O) groups is 1. The van der Waals surface area contributed by atoms with Crippen LogP contribution in [0.3, 0.4) is 0 Å². The fourth-order valence-corrected chi connectivity index (χ4v) is 2.31. The van der Waals surface area contributed by atoms with Crippen molar-refractivity contribution in [2.24, 2.45) is 0 Å². The van der Waals surface area contributed by atoms with Gasteiger partial charge in [-0.05, 0) is 37.3 Å².